The molecule has 20 heavy (non-hydrogen) atoms. The van der Waals surface area contributed by atoms with E-state index >= 15 is 0 Å². The number of fused-ring (bicyclic) bond motifs is 1. The van der Waals surface area contributed by atoms with Crippen LogP contribution in [-0.2, 0) is 0 Å². The number of hydrogen-bond donors (Lipinski definition) is 1. The van der Waals surface area contributed by atoms with Gasteiger partial charge in [-0.3, -0.25) is 10.1 Å². The number of nitrogens with one attached hydrogen (secondary N) is 1. The zero-order valence-corrected chi connectivity index (χ0v) is 12.1. The van der Waals surface area contributed by atoms with Gasteiger partial charge in [0.15, 0.2) is 0 Å². The Morgan fingerprint density at radius 3 is 2.80 bits per heavy atom. The minimum Gasteiger partial charge on any atom is -0.313 e. The fraction of sp³-hybridized carbons (Fsp3) is 0.462. The van der Waals surface area contributed by atoms with Crippen molar-refractivity contribution in [3.63, 3.8) is 0 Å². The van der Waals surface area contributed by atoms with Crippen LogP contribution in [0.25, 0.3) is 10.2 Å². The van der Waals surface area contributed by atoms with Gasteiger partial charge in [-0.25, -0.2) is 9.99 Å². The van der Waals surface area contributed by atoms with Gasteiger partial charge < -0.3 is 5.43 Å². The van der Waals surface area contributed by atoms with Crippen LogP contribution in [0.3, 0.4) is 0 Å². The maximum atomic E-state index is 11.2. The van der Waals surface area contributed by atoms with Gasteiger partial charge in [-0.2, -0.15) is 0 Å². The summed E-state index contributed by atoms with van der Waals surface area (Å²) in [5.41, 5.74) is 4.66. The van der Waals surface area contributed by atoms with Crippen LogP contribution in [0.4, 0.5) is 11.4 Å². The molecule has 3 rings (SSSR count). The molecule has 0 radical (unpaired) electrons. The Morgan fingerprint density at radius 2 is 2.10 bits per heavy atom. The summed E-state index contributed by atoms with van der Waals surface area (Å²) in [6, 6.07) is 3.40. The van der Waals surface area contributed by atoms with E-state index in [1.165, 1.54) is 17.8 Å². The van der Waals surface area contributed by atoms with Crippen LogP contribution in [0.2, 0.25) is 0 Å². The molecule has 1 aromatic heterocycles. The number of rotatable bonds is 3. The number of benzene rings is 1. The summed E-state index contributed by atoms with van der Waals surface area (Å²) in [7, 11) is 0. The molecule has 6 nitrogen and oxygen atoms in total. The van der Waals surface area contributed by atoms with Crippen molar-refractivity contribution in [2.45, 2.75) is 26.2 Å². The summed E-state index contributed by atoms with van der Waals surface area (Å²) in [5.74, 6) is 0. The predicted octanol–water partition coefficient (Wildman–Crippen LogP) is 3.33. The van der Waals surface area contributed by atoms with Gasteiger partial charge in [0.2, 0.25) is 0 Å². The van der Waals surface area contributed by atoms with Crippen LogP contribution >= 0.6 is 11.3 Å². The fourth-order valence-corrected chi connectivity index (χ4v) is 3.34. The molecule has 1 saturated heterocycles. The van der Waals surface area contributed by atoms with Crippen molar-refractivity contribution in [1.82, 2.24) is 9.99 Å². The molecule has 0 amide bonds. The molecule has 1 aromatic carbocycles. The van der Waals surface area contributed by atoms with Crippen LogP contribution in [0.1, 0.15) is 24.3 Å². The third-order valence-corrected chi connectivity index (χ3v) is 4.38. The standard InChI is InChI=1S/C13H16N4O2S/c1-9-14-11-7-10(15-16-5-3-2-4-6-16)12(17(18)19)8-13(11)20-9/h7-8,15H,2-6H2,1H3. The summed E-state index contributed by atoms with van der Waals surface area (Å²) in [6.45, 7) is 3.75. The van der Waals surface area contributed by atoms with Gasteiger partial charge in [0.05, 0.1) is 20.1 Å². The lowest BCUT2D eigenvalue weighted by atomic mass is 10.2. The van der Waals surface area contributed by atoms with Gasteiger partial charge in [-0.15, -0.1) is 11.3 Å². The molecule has 0 atom stereocenters. The first-order valence-electron chi connectivity index (χ1n) is 6.70. The summed E-state index contributed by atoms with van der Waals surface area (Å²) in [4.78, 5) is 15.3. The summed E-state index contributed by atoms with van der Waals surface area (Å²) < 4.78 is 0.860. The van der Waals surface area contributed by atoms with Crippen molar-refractivity contribution in [1.29, 1.82) is 0 Å². The topological polar surface area (TPSA) is 71.3 Å². The van der Waals surface area contributed by atoms with Crippen molar-refractivity contribution in [3.05, 3.63) is 27.3 Å². The van der Waals surface area contributed by atoms with E-state index in [0.717, 1.165) is 41.2 Å². The second kappa shape index (κ2) is 5.34. The lowest BCUT2D eigenvalue weighted by Gasteiger charge is -2.27. The third kappa shape index (κ3) is 2.59. The highest BCUT2D eigenvalue weighted by Crippen LogP contribution is 2.33. The first kappa shape index (κ1) is 13.3. The van der Waals surface area contributed by atoms with Crippen LogP contribution in [0.15, 0.2) is 12.1 Å². The van der Waals surface area contributed by atoms with Gasteiger partial charge in [0.25, 0.3) is 5.69 Å². The number of aromatic nitrogens is 1. The highest BCUT2D eigenvalue weighted by Gasteiger charge is 2.20. The lowest BCUT2D eigenvalue weighted by molar-refractivity contribution is -0.383. The number of nitro groups is 1. The monoisotopic (exact) mass is 292 g/mol. The highest BCUT2D eigenvalue weighted by molar-refractivity contribution is 7.18. The van der Waals surface area contributed by atoms with E-state index in [1.54, 1.807) is 12.1 Å². The Kier molecular flexibility index (Phi) is 3.54. The van der Waals surface area contributed by atoms with Crippen LogP contribution in [-0.4, -0.2) is 28.0 Å². The zero-order valence-electron chi connectivity index (χ0n) is 11.3. The summed E-state index contributed by atoms with van der Waals surface area (Å²) >= 11 is 1.48. The number of hydrogen-bond acceptors (Lipinski definition) is 6. The second-order valence-electron chi connectivity index (χ2n) is 4.99. The van der Waals surface area contributed by atoms with Crippen LogP contribution < -0.4 is 5.43 Å². The van der Waals surface area contributed by atoms with Gasteiger partial charge >= 0.3 is 0 Å². The second-order valence-corrected chi connectivity index (χ2v) is 6.22. The van der Waals surface area contributed by atoms with Gasteiger partial charge in [0, 0.05) is 19.2 Å². The number of anilines is 1. The van der Waals surface area contributed by atoms with E-state index in [1.807, 2.05) is 6.92 Å². The molecule has 0 unspecified atom stereocenters. The van der Waals surface area contributed by atoms with E-state index in [4.69, 9.17) is 0 Å². The highest BCUT2D eigenvalue weighted by atomic mass is 32.1. The molecule has 1 fully saturated rings. The molecule has 1 N–H and O–H groups in total. The maximum absolute atomic E-state index is 11.2. The minimum absolute atomic E-state index is 0.117. The van der Waals surface area contributed by atoms with Crippen molar-refractivity contribution >= 4 is 32.9 Å². The molecule has 0 spiro atoms. The van der Waals surface area contributed by atoms with Crippen molar-refractivity contribution in [2.24, 2.45) is 0 Å². The molecule has 0 aliphatic carbocycles. The Balaban J connectivity index is 1.97. The summed E-state index contributed by atoms with van der Waals surface area (Å²) in [6.07, 6.45) is 3.47. The maximum Gasteiger partial charge on any atom is 0.295 e. The number of aryl methyl sites for hydroxylation is 1. The van der Waals surface area contributed by atoms with E-state index in [9.17, 15) is 10.1 Å². The van der Waals surface area contributed by atoms with Crippen LogP contribution in [0, 0.1) is 17.0 Å². The number of thiazole rings is 1. The number of hydrazine groups is 1. The normalized spacial score (nSPS) is 16.4. The molecule has 2 aromatic rings. The first-order chi connectivity index (χ1) is 9.63. The van der Waals surface area contributed by atoms with Crippen LogP contribution in [0.5, 0.6) is 0 Å². The molecule has 0 saturated carbocycles. The smallest absolute Gasteiger partial charge is 0.295 e. The quantitative estimate of drug-likeness (QED) is 0.694. The van der Waals surface area contributed by atoms with E-state index in [0.29, 0.717) is 5.69 Å². The van der Waals surface area contributed by atoms with Crippen molar-refractivity contribution < 1.29 is 4.92 Å². The Bertz CT molecular complexity index is 649. The lowest BCUT2D eigenvalue weighted by Crippen LogP contribution is -2.35. The fourth-order valence-electron chi connectivity index (χ4n) is 2.50. The molecule has 1 aliphatic heterocycles. The SMILES string of the molecule is Cc1nc2cc(NN3CCCCC3)c([N+](=O)[O-])cc2s1. The van der Waals surface area contributed by atoms with Crippen molar-refractivity contribution in [3.8, 4) is 0 Å². The summed E-state index contributed by atoms with van der Waals surface area (Å²) in [5, 5.41) is 14.2. The minimum atomic E-state index is -0.333. The van der Waals surface area contributed by atoms with E-state index in [-0.39, 0.29) is 10.6 Å². The number of nitro benzene ring substituents is 1. The number of nitrogens with zero attached hydrogens (tertiary/aromatic N) is 3. The Hall–Kier alpha value is -1.73. The number of piperidine rings is 1. The van der Waals surface area contributed by atoms with Gasteiger partial charge in [-0.1, -0.05) is 6.42 Å². The zero-order chi connectivity index (χ0) is 14.1. The molecule has 7 heteroatoms. The largest absolute Gasteiger partial charge is 0.313 e. The molecule has 106 valence electrons. The predicted molar refractivity (Wildman–Crippen MR) is 80.1 cm³/mol. The first-order valence-corrected chi connectivity index (χ1v) is 7.52. The van der Waals surface area contributed by atoms with E-state index in [2.05, 4.69) is 15.4 Å². The average Bonchev–Trinajstić information content (AvgIpc) is 2.78. The molecule has 2 heterocycles. The third-order valence-electron chi connectivity index (χ3n) is 3.44. The average molecular weight is 292 g/mol. The van der Waals surface area contributed by atoms with E-state index < -0.39 is 0 Å². The molecule has 0 bridgehead atoms. The Labute approximate surface area is 120 Å². The van der Waals surface area contributed by atoms with Crippen molar-refractivity contribution in [2.75, 3.05) is 18.5 Å². The van der Waals surface area contributed by atoms with Gasteiger partial charge in [-0.05, 0) is 25.8 Å². The molecular weight excluding hydrogens is 276 g/mol. The molecule has 1 aliphatic rings. The Morgan fingerprint density at radius 1 is 1.35 bits per heavy atom. The van der Waals surface area contributed by atoms with Gasteiger partial charge in [0.1, 0.15) is 5.69 Å². The molecular formula is C13H16N4O2S.